The van der Waals surface area contributed by atoms with E-state index in [1.807, 2.05) is 32.2 Å². The molecule has 106 valence electrons. The van der Waals surface area contributed by atoms with Gasteiger partial charge in [-0.2, -0.15) is 0 Å². The number of hydrogen-bond acceptors (Lipinski definition) is 4. The highest BCUT2D eigenvalue weighted by Gasteiger charge is 2.15. The van der Waals surface area contributed by atoms with Gasteiger partial charge in [0.1, 0.15) is 17.9 Å². The standard InChI is InChI=1S/C16H21N3O/c1-5-20-13-8-6-7-12(9-13)15-14(11(2)3)16(17-4)19-10-18-15/h6-11H,5H2,1-4H3,(H,17,18,19). The van der Waals surface area contributed by atoms with Crippen LogP contribution >= 0.6 is 0 Å². The van der Waals surface area contributed by atoms with Gasteiger partial charge in [-0.15, -0.1) is 0 Å². The van der Waals surface area contributed by atoms with Crippen LogP contribution in [0.15, 0.2) is 30.6 Å². The number of anilines is 1. The van der Waals surface area contributed by atoms with Crippen LogP contribution in [0.4, 0.5) is 5.82 Å². The molecule has 1 N–H and O–H groups in total. The fraction of sp³-hybridized carbons (Fsp3) is 0.375. The Kier molecular flexibility index (Phi) is 4.56. The van der Waals surface area contributed by atoms with Gasteiger partial charge >= 0.3 is 0 Å². The van der Waals surface area contributed by atoms with Crippen LogP contribution in [0.3, 0.4) is 0 Å². The zero-order valence-corrected chi connectivity index (χ0v) is 12.5. The molecular weight excluding hydrogens is 250 g/mol. The van der Waals surface area contributed by atoms with Gasteiger partial charge < -0.3 is 10.1 Å². The second-order valence-electron chi connectivity index (χ2n) is 4.85. The molecule has 0 spiro atoms. The Morgan fingerprint density at radius 1 is 1.25 bits per heavy atom. The Morgan fingerprint density at radius 2 is 2.05 bits per heavy atom. The number of aromatic nitrogens is 2. The minimum Gasteiger partial charge on any atom is -0.494 e. The van der Waals surface area contributed by atoms with Crippen molar-refractivity contribution in [2.45, 2.75) is 26.7 Å². The molecule has 4 heteroatoms. The van der Waals surface area contributed by atoms with Gasteiger partial charge in [0.2, 0.25) is 0 Å². The summed E-state index contributed by atoms with van der Waals surface area (Å²) in [6.45, 7) is 6.94. The molecular formula is C16H21N3O. The van der Waals surface area contributed by atoms with Crippen LogP contribution in [0.5, 0.6) is 5.75 Å². The second kappa shape index (κ2) is 6.37. The molecule has 0 aliphatic carbocycles. The first-order valence-electron chi connectivity index (χ1n) is 6.93. The molecule has 0 saturated heterocycles. The van der Waals surface area contributed by atoms with Gasteiger partial charge in [-0.05, 0) is 25.0 Å². The molecule has 1 aromatic heterocycles. The molecule has 0 aliphatic heterocycles. The molecule has 0 bridgehead atoms. The van der Waals surface area contributed by atoms with Crippen molar-refractivity contribution in [2.75, 3.05) is 19.0 Å². The third kappa shape index (κ3) is 2.90. The van der Waals surface area contributed by atoms with Crippen molar-refractivity contribution in [1.82, 2.24) is 9.97 Å². The van der Waals surface area contributed by atoms with E-state index in [2.05, 4.69) is 35.2 Å². The molecule has 20 heavy (non-hydrogen) atoms. The SMILES string of the molecule is CCOc1cccc(-c2ncnc(NC)c2C(C)C)c1. The fourth-order valence-electron chi connectivity index (χ4n) is 2.27. The van der Waals surface area contributed by atoms with Crippen LogP contribution < -0.4 is 10.1 Å². The number of nitrogens with one attached hydrogen (secondary N) is 1. The lowest BCUT2D eigenvalue weighted by Gasteiger charge is -2.16. The van der Waals surface area contributed by atoms with Crippen LogP contribution in [0, 0.1) is 0 Å². The first kappa shape index (κ1) is 14.3. The molecule has 0 fully saturated rings. The van der Waals surface area contributed by atoms with Crippen molar-refractivity contribution in [1.29, 1.82) is 0 Å². The van der Waals surface area contributed by atoms with Crippen LogP contribution in [0.1, 0.15) is 32.3 Å². The number of nitrogens with zero attached hydrogens (tertiary/aromatic N) is 2. The van der Waals surface area contributed by atoms with Gasteiger partial charge in [0.15, 0.2) is 0 Å². The van der Waals surface area contributed by atoms with Crippen molar-refractivity contribution < 1.29 is 4.74 Å². The predicted octanol–water partition coefficient (Wildman–Crippen LogP) is 3.71. The molecule has 1 aromatic carbocycles. The molecule has 0 amide bonds. The predicted molar refractivity (Wildman–Crippen MR) is 82.3 cm³/mol. The molecule has 4 nitrogen and oxygen atoms in total. The highest BCUT2D eigenvalue weighted by molar-refractivity contribution is 5.70. The molecule has 0 saturated carbocycles. The zero-order chi connectivity index (χ0) is 14.5. The second-order valence-corrected chi connectivity index (χ2v) is 4.85. The van der Waals surface area contributed by atoms with Crippen LogP contribution in [-0.4, -0.2) is 23.6 Å². The van der Waals surface area contributed by atoms with Crippen LogP contribution in [0.25, 0.3) is 11.3 Å². The summed E-state index contributed by atoms with van der Waals surface area (Å²) in [5.74, 6) is 2.08. The van der Waals surface area contributed by atoms with Gasteiger partial charge in [-0.1, -0.05) is 26.0 Å². The maximum Gasteiger partial charge on any atom is 0.133 e. The fourth-order valence-corrected chi connectivity index (χ4v) is 2.27. The topological polar surface area (TPSA) is 47.0 Å². The normalized spacial score (nSPS) is 10.7. The minimum atomic E-state index is 0.337. The summed E-state index contributed by atoms with van der Waals surface area (Å²) in [6.07, 6.45) is 1.60. The summed E-state index contributed by atoms with van der Waals surface area (Å²) < 4.78 is 5.57. The average Bonchev–Trinajstić information content (AvgIpc) is 2.47. The molecule has 0 unspecified atom stereocenters. The highest BCUT2D eigenvalue weighted by atomic mass is 16.5. The first-order chi connectivity index (χ1) is 9.67. The molecule has 1 heterocycles. The number of rotatable bonds is 5. The third-order valence-electron chi connectivity index (χ3n) is 3.12. The zero-order valence-electron chi connectivity index (χ0n) is 12.5. The molecule has 2 rings (SSSR count). The van der Waals surface area contributed by atoms with E-state index in [0.29, 0.717) is 12.5 Å². The first-order valence-corrected chi connectivity index (χ1v) is 6.93. The lowest BCUT2D eigenvalue weighted by Crippen LogP contribution is -2.04. The Bertz CT molecular complexity index is 582. The summed E-state index contributed by atoms with van der Waals surface area (Å²) in [4.78, 5) is 8.78. The number of benzene rings is 1. The summed E-state index contributed by atoms with van der Waals surface area (Å²) in [7, 11) is 1.88. The number of hydrogen-bond donors (Lipinski definition) is 1. The van der Waals surface area contributed by atoms with E-state index in [1.54, 1.807) is 6.33 Å². The van der Waals surface area contributed by atoms with Crippen molar-refractivity contribution in [3.8, 4) is 17.0 Å². The Balaban J connectivity index is 2.54. The lowest BCUT2D eigenvalue weighted by molar-refractivity contribution is 0.340. The molecule has 2 aromatic rings. The van der Waals surface area contributed by atoms with E-state index in [4.69, 9.17) is 4.74 Å². The molecule has 0 aliphatic rings. The third-order valence-corrected chi connectivity index (χ3v) is 3.12. The van der Waals surface area contributed by atoms with E-state index in [-0.39, 0.29) is 0 Å². The molecule has 0 atom stereocenters. The summed E-state index contributed by atoms with van der Waals surface area (Å²) >= 11 is 0. The summed E-state index contributed by atoms with van der Waals surface area (Å²) in [5, 5.41) is 3.14. The maximum absolute atomic E-state index is 5.57. The smallest absolute Gasteiger partial charge is 0.133 e. The van der Waals surface area contributed by atoms with E-state index in [0.717, 1.165) is 28.4 Å². The van der Waals surface area contributed by atoms with E-state index in [9.17, 15) is 0 Å². The van der Waals surface area contributed by atoms with Gasteiger partial charge in [0.25, 0.3) is 0 Å². The van der Waals surface area contributed by atoms with Crippen molar-refractivity contribution in [3.63, 3.8) is 0 Å². The van der Waals surface area contributed by atoms with Crippen molar-refractivity contribution >= 4 is 5.82 Å². The van der Waals surface area contributed by atoms with Gasteiger partial charge in [-0.3, -0.25) is 0 Å². The average molecular weight is 271 g/mol. The Labute approximate surface area is 120 Å². The van der Waals surface area contributed by atoms with Crippen LogP contribution in [-0.2, 0) is 0 Å². The summed E-state index contributed by atoms with van der Waals surface area (Å²) in [5.41, 5.74) is 3.14. The summed E-state index contributed by atoms with van der Waals surface area (Å²) in [6, 6.07) is 8.03. The van der Waals surface area contributed by atoms with E-state index in [1.165, 1.54) is 0 Å². The van der Waals surface area contributed by atoms with E-state index >= 15 is 0 Å². The minimum absolute atomic E-state index is 0.337. The van der Waals surface area contributed by atoms with Crippen molar-refractivity contribution in [2.24, 2.45) is 0 Å². The molecule has 0 radical (unpaired) electrons. The van der Waals surface area contributed by atoms with E-state index < -0.39 is 0 Å². The maximum atomic E-state index is 5.57. The van der Waals surface area contributed by atoms with Crippen molar-refractivity contribution in [3.05, 3.63) is 36.2 Å². The van der Waals surface area contributed by atoms with Gasteiger partial charge in [0, 0.05) is 18.2 Å². The lowest BCUT2D eigenvalue weighted by atomic mass is 9.97. The Morgan fingerprint density at radius 3 is 2.70 bits per heavy atom. The quantitative estimate of drug-likeness (QED) is 0.900. The number of ether oxygens (including phenoxy) is 1. The Hall–Kier alpha value is -2.10. The van der Waals surface area contributed by atoms with Gasteiger partial charge in [0.05, 0.1) is 12.3 Å². The van der Waals surface area contributed by atoms with Crippen LogP contribution in [0.2, 0.25) is 0 Å². The van der Waals surface area contributed by atoms with Gasteiger partial charge in [-0.25, -0.2) is 9.97 Å². The monoisotopic (exact) mass is 271 g/mol. The highest BCUT2D eigenvalue weighted by Crippen LogP contribution is 2.32. The largest absolute Gasteiger partial charge is 0.494 e.